The molecule has 1 heterocycles. The fourth-order valence-electron chi connectivity index (χ4n) is 4.32. The molecule has 0 spiro atoms. The zero-order valence-corrected chi connectivity index (χ0v) is 23.5. The van der Waals surface area contributed by atoms with E-state index in [0.29, 0.717) is 32.4 Å². The molecule has 2 rings (SSSR count). The molecule has 0 aliphatic carbocycles. The second kappa shape index (κ2) is 17.5. The quantitative estimate of drug-likeness (QED) is 0.0822. The minimum atomic E-state index is -1.03. The monoisotopic (exact) mass is 573 g/mol. The number of carbonyl (C=O) groups excluding carboxylic acids is 5. The molecule has 1 fully saturated rings. The summed E-state index contributed by atoms with van der Waals surface area (Å²) < 4.78 is 0. The van der Waals surface area contributed by atoms with Crippen LogP contribution >= 0.6 is 0 Å². The van der Waals surface area contributed by atoms with Crippen LogP contribution in [-0.2, 0) is 30.4 Å². The number of amides is 5. The molecule has 1 aromatic carbocycles. The van der Waals surface area contributed by atoms with Gasteiger partial charge in [-0.3, -0.25) is 29.4 Å². The van der Waals surface area contributed by atoms with Crippen LogP contribution in [0, 0.1) is 5.41 Å². The van der Waals surface area contributed by atoms with Gasteiger partial charge in [0, 0.05) is 13.0 Å². The van der Waals surface area contributed by atoms with E-state index in [1.807, 2.05) is 30.3 Å². The van der Waals surface area contributed by atoms with Crippen molar-refractivity contribution in [3.8, 4) is 0 Å². The van der Waals surface area contributed by atoms with Crippen molar-refractivity contribution in [1.82, 2.24) is 31.9 Å². The summed E-state index contributed by atoms with van der Waals surface area (Å²) in [5.41, 5.74) is 11.7. The van der Waals surface area contributed by atoms with E-state index >= 15 is 0 Å². The maximum atomic E-state index is 13.5. The molecule has 1 aromatic rings. The van der Waals surface area contributed by atoms with Crippen molar-refractivity contribution in [3.63, 3.8) is 0 Å². The third-order valence-electron chi connectivity index (χ3n) is 6.60. The van der Waals surface area contributed by atoms with Gasteiger partial charge >= 0.3 is 0 Å². The van der Waals surface area contributed by atoms with Crippen molar-refractivity contribution in [1.29, 1.82) is 5.41 Å². The first-order valence-corrected chi connectivity index (χ1v) is 13.9. The molecule has 0 saturated carbocycles. The number of hydrogen-bond acceptors (Lipinski definition) is 7. The number of hydrogen-bond donors (Lipinski definition) is 9. The third kappa shape index (κ3) is 11.8. The lowest BCUT2D eigenvalue weighted by atomic mass is 10.0. The Labute approximate surface area is 240 Å². The van der Waals surface area contributed by atoms with Crippen LogP contribution in [0.3, 0.4) is 0 Å². The molecule has 0 bridgehead atoms. The van der Waals surface area contributed by atoms with E-state index in [-0.39, 0.29) is 31.6 Å². The van der Waals surface area contributed by atoms with Crippen molar-refractivity contribution in [3.05, 3.63) is 35.9 Å². The number of benzene rings is 1. The van der Waals surface area contributed by atoms with E-state index in [1.54, 1.807) is 6.92 Å². The largest absolute Gasteiger partial charge is 0.370 e. The van der Waals surface area contributed by atoms with Gasteiger partial charge in [-0.15, -0.1) is 0 Å². The van der Waals surface area contributed by atoms with Crippen LogP contribution in [-0.4, -0.2) is 79.3 Å². The summed E-state index contributed by atoms with van der Waals surface area (Å²) in [5, 5.41) is 23.2. The molecule has 4 atom stereocenters. The Morgan fingerprint density at radius 3 is 2.05 bits per heavy atom. The minimum Gasteiger partial charge on any atom is -0.370 e. The first-order chi connectivity index (χ1) is 19.6. The number of unbranched alkanes of at least 4 members (excludes halogenated alkanes) is 1. The molecule has 5 amide bonds. The number of carbonyl (C=O) groups is 5. The Kier molecular flexibility index (Phi) is 14.1. The van der Waals surface area contributed by atoms with E-state index in [2.05, 4.69) is 31.9 Å². The van der Waals surface area contributed by atoms with E-state index in [4.69, 9.17) is 16.9 Å². The van der Waals surface area contributed by atoms with Gasteiger partial charge < -0.3 is 43.4 Å². The van der Waals surface area contributed by atoms with E-state index in [9.17, 15) is 24.0 Å². The first kappa shape index (κ1) is 33.0. The zero-order chi connectivity index (χ0) is 30.2. The van der Waals surface area contributed by atoms with E-state index < -0.39 is 60.2 Å². The molecule has 0 aromatic heterocycles. The van der Waals surface area contributed by atoms with Gasteiger partial charge in [-0.25, -0.2) is 0 Å². The standard InChI is InChI=1S/C27H43N9O5/c1-2-18-24(39)36-21(15-17-9-4-3-5-10-17)26(41)35-20(11-6-7-13-28)25(40)34-19(12-8-14-31-27(29)30)23(38)32-16-22(37)33-18/h3-5,9-10,18-21H,2,6-8,11-16,28H2,1H3,(H,32,38)(H,33,37)(H,34,40)(H,35,41)(H,36,39)(H4,29,30,31)/t18-,19?,20+,21+/m1/s1. The average Bonchev–Trinajstić information content (AvgIpc) is 2.95. The lowest BCUT2D eigenvalue weighted by Gasteiger charge is -2.26. The first-order valence-electron chi connectivity index (χ1n) is 13.9. The number of nitrogens with one attached hydrogen (secondary N) is 7. The Bertz CT molecular complexity index is 1050. The predicted octanol–water partition coefficient (Wildman–Crippen LogP) is -1.90. The molecule has 14 heteroatoms. The Morgan fingerprint density at radius 2 is 1.41 bits per heavy atom. The Balaban J connectivity index is 2.37. The highest BCUT2D eigenvalue weighted by atomic mass is 16.2. The summed E-state index contributed by atoms with van der Waals surface area (Å²) in [5.74, 6) is -3.12. The summed E-state index contributed by atoms with van der Waals surface area (Å²) in [4.78, 5) is 65.7. The summed E-state index contributed by atoms with van der Waals surface area (Å²) >= 11 is 0. The SMILES string of the molecule is CC[C@H]1NC(=O)CNC(=O)C(CCCNC(=N)N)NC(=O)[C@H](CCCCN)NC(=O)[C@H](Cc2ccccc2)NC1=O. The van der Waals surface area contributed by atoms with Gasteiger partial charge in [0.1, 0.15) is 24.2 Å². The van der Waals surface area contributed by atoms with Gasteiger partial charge in [0.15, 0.2) is 5.96 Å². The predicted molar refractivity (Wildman–Crippen MR) is 153 cm³/mol. The van der Waals surface area contributed by atoms with Crippen molar-refractivity contribution < 1.29 is 24.0 Å². The molecular weight excluding hydrogens is 530 g/mol. The molecular formula is C27H43N9O5. The third-order valence-corrected chi connectivity index (χ3v) is 6.60. The van der Waals surface area contributed by atoms with Crippen LogP contribution in [0.1, 0.15) is 51.0 Å². The van der Waals surface area contributed by atoms with Crippen LogP contribution in [0.25, 0.3) is 0 Å². The summed E-state index contributed by atoms with van der Waals surface area (Å²) in [6.45, 7) is 2.00. The zero-order valence-electron chi connectivity index (χ0n) is 23.5. The summed E-state index contributed by atoms with van der Waals surface area (Å²) in [6.07, 6.45) is 2.39. The highest BCUT2D eigenvalue weighted by Gasteiger charge is 2.31. The van der Waals surface area contributed by atoms with Crippen molar-refractivity contribution in [2.45, 2.75) is 76.0 Å². The fourth-order valence-corrected chi connectivity index (χ4v) is 4.32. The van der Waals surface area contributed by atoms with Crippen LogP contribution in [0.2, 0.25) is 0 Å². The summed E-state index contributed by atoms with van der Waals surface area (Å²) in [7, 11) is 0. The van der Waals surface area contributed by atoms with Gasteiger partial charge in [-0.05, 0) is 50.6 Å². The molecule has 1 saturated heterocycles. The van der Waals surface area contributed by atoms with Crippen LogP contribution in [0.15, 0.2) is 30.3 Å². The maximum Gasteiger partial charge on any atom is 0.243 e. The van der Waals surface area contributed by atoms with Gasteiger partial charge in [0.25, 0.3) is 0 Å². The average molecular weight is 574 g/mol. The Hall–Kier alpha value is -4.20. The fraction of sp³-hybridized carbons (Fsp3) is 0.556. The molecule has 226 valence electrons. The normalized spacial score (nSPS) is 22.6. The molecule has 11 N–H and O–H groups in total. The van der Waals surface area contributed by atoms with Crippen LogP contribution in [0.5, 0.6) is 0 Å². The van der Waals surface area contributed by atoms with Gasteiger partial charge in [0.2, 0.25) is 29.5 Å². The van der Waals surface area contributed by atoms with Crippen molar-refractivity contribution >= 4 is 35.5 Å². The summed E-state index contributed by atoms with van der Waals surface area (Å²) in [6, 6.07) is 5.12. The molecule has 41 heavy (non-hydrogen) atoms. The lowest BCUT2D eigenvalue weighted by Crippen LogP contribution is -2.58. The number of rotatable bonds is 11. The molecule has 1 aliphatic rings. The van der Waals surface area contributed by atoms with Crippen molar-refractivity contribution in [2.24, 2.45) is 11.5 Å². The minimum absolute atomic E-state index is 0.158. The number of nitrogens with two attached hydrogens (primary N) is 2. The smallest absolute Gasteiger partial charge is 0.243 e. The van der Waals surface area contributed by atoms with E-state index in [1.165, 1.54) is 0 Å². The van der Waals surface area contributed by atoms with Gasteiger partial charge in [-0.1, -0.05) is 37.3 Å². The maximum absolute atomic E-state index is 13.5. The highest BCUT2D eigenvalue weighted by Crippen LogP contribution is 2.08. The van der Waals surface area contributed by atoms with Crippen LogP contribution < -0.4 is 43.4 Å². The molecule has 1 aliphatic heterocycles. The van der Waals surface area contributed by atoms with Crippen LogP contribution in [0.4, 0.5) is 0 Å². The lowest BCUT2D eigenvalue weighted by molar-refractivity contribution is -0.134. The molecule has 14 nitrogen and oxygen atoms in total. The highest BCUT2D eigenvalue weighted by molar-refractivity contribution is 5.97. The van der Waals surface area contributed by atoms with E-state index in [0.717, 1.165) is 5.56 Å². The van der Waals surface area contributed by atoms with Gasteiger partial charge in [-0.2, -0.15) is 0 Å². The molecule has 0 radical (unpaired) electrons. The van der Waals surface area contributed by atoms with Crippen molar-refractivity contribution in [2.75, 3.05) is 19.6 Å². The van der Waals surface area contributed by atoms with Gasteiger partial charge in [0.05, 0.1) is 6.54 Å². The topological polar surface area (TPSA) is 233 Å². The molecule has 1 unspecified atom stereocenters. The number of guanidine groups is 1. The second-order valence-electron chi connectivity index (χ2n) is 9.89. The Morgan fingerprint density at radius 1 is 0.829 bits per heavy atom. The second-order valence-corrected chi connectivity index (χ2v) is 9.89.